The zero-order valence-electron chi connectivity index (χ0n) is 24.6. The molecular formula is C28H41N4O10P. The van der Waals surface area contributed by atoms with Crippen LogP contribution in [0.2, 0.25) is 0 Å². The monoisotopic (exact) mass is 624 g/mol. The molecule has 0 aliphatic heterocycles. The van der Waals surface area contributed by atoms with E-state index in [1.807, 2.05) is 0 Å². The van der Waals surface area contributed by atoms with E-state index in [4.69, 9.17) is 18.9 Å². The highest BCUT2D eigenvalue weighted by atomic mass is 31.2. The molecule has 43 heavy (non-hydrogen) atoms. The largest absolute Gasteiger partial charge is 0.494 e. The molecule has 0 spiro atoms. The summed E-state index contributed by atoms with van der Waals surface area (Å²) in [7, 11) is -4.46. The summed E-state index contributed by atoms with van der Waals surface area (Å²) in [6.07, 6.45) is 3.94. The third-order valence-electron chi connectivity index (χ3n) is 6.59. The van der Waals surface area contributed by atoms with Gasteiger partial charge in [-0.25, -0.2) is 5.06 Å². The molecule has 1 aromatic carbocycles. The molecule has 15 heteroatoms. The van der Waals surface area contributed by atoms with Crippen LogP contribution in [0.4, 0.5) is 0 Å². The van der Waals surface area contributed by atoms with E-state index in [9.17, 15) is 29.0 Å². The first-order valence-electron chi connectivity index (χ1n) is 14.1. The number of hydrogen-bond donors (Lipinski definition) is 6. The second kappa shape index (κ2) is 17.4. The van der Waals surface area contributed by atoms with E-state index in [1.165, 1.54) is 24.3 Å². The van der Waals surface area contributed by atoms with E-state index in [-0.39, 0.29) is 36.8 Å². The summed E-state index contributed by atoms with van der Waals surface area (Å²) in [5.74, 6) is -2.01. The second-order valence-electron chi connectivity index (χ2n) is 9.81. The van der Waals surface area contributed by atoms with Crippen molar-refractivity contribution in [3.8, 4) is 17.1 Å². The maximum atomic E-state index is 13.0. The minimum absolute atomic E-state index is 0.0603. The first-order valence-corrected chi connectivity index (χ1v) is 15.9. The predicted molar refractivity (Wildman–Crippen MR) is 156 cm³/mol. The van der Waals surface area contributed by atoms with Crippen LogP contribution in [-0.4, -0.2) is 69.8 Å². The Morgan fingerprint density at radius 3 is 2.40 bits per heavy atom. The van der Waals surface area contributed by atoms with Gasteiger partial charge in [0.15, 0.2) is 5.76 Å². The fraction of sp³-hybridized carbons (Fsp3) is 0.500. The van der Waals surface area contributed by atoms with E-state index < -0.39 is 43.6 Å². The van der Waals surface area contributed by atoms with Gasteiger partial charge >= 0.3 is 7.60 Å². The molecule has 0 aliphatic rings. The lowest BCUT2D eigenvalue weighted by Gasteiger charge is -2.29. The molecule has 1 aromatic heterocycles. The smallest absolute Gasteiger partial charge is 0.344 e. The Bertz CT molecular complexity index is 1280. The molecular weight excluding hydrogens is 583 g/mol. The van der Waals surface area contributed by atoms with Crippen LogP contribution in [0.1, 0.15) is 80.2 Å². The summed E-state index contributed by atoms with van der Waals surface area (Å²) in [4.78, 5) is 67.5. The lowest BCUT2D eigenvalue weighted by molar-refractivity contribution is -0.168. The van der Waals surface area contributed by atoms with E-state index in [0.29, 0.717) is 29.2 Å². The van der Waals surface area contributed by atoms with Crippen molar-refractivity contribution in [1.29, 1.82) is 0 Å². The molecule has 0 bridgehead atoms. The van der Waals surface area contributed by atoms with Gasteiger partial charge in [-0.05, 0) is 50.1 Å². The Morgan fingerprint density at radius 2 is 1.77 bits per heavy atom. The average molecular weight is 625 g/mol. The zero-order valence-corrected chi connectivity index (χ0v) is 25.5. The van der Waals surface area contributed by atoms with Gasteiger partial charge in [-0.1, -0.05) is 39.5 Å². The molecule has 0 radical (unpaired) electrons. The number of amides is 4. The summed E-state index contributed by atoms with van der Waals surface area (Å²) < 4.78 is 22.3. The fourth-order valence-corrected chi connectivity index (χ4v) is 4.82. The van der Waals surface area contributed by atoms with E-state index in [0.717, 1.165) is 25.7 Å². The third kappa shape index (κ3) is 11.5. The van der Waals surface area contributed by atoms with E-state index in [1.54, 1.807) is 19.9 Å². The number of hydrogen-bond acceptors (Lipinski definition) is 8. The second-order valence-corrected chi connectivity index (χ2v) is 11.5. The molecule has 238 valence electrons. The first kappa shape index (κ1) is 35.5. The van der Waals surface area contributed by atoms with Crippen LogP contribution in [0.5, 0.6) is 5.75 Å². The van der Waals surface area contributed by atoms with Crippen LogP contribution < -0.4 is 20.7 Å². The van der Waals surface area contributed by atoms with Crippen molar-refractivity contribution in [3.05, 3.63) is 41.7 Å². The average Bonchev–Trinajstić information content (AvgIpc) is 3.47. The Morgan fingerprint density at radius 1 is 1.02 bits per heavy atom. The van der Waals surface area contributed by atoms with Gasteiger partial charge in [0.1, 0.15) is 17.8 Å². The van der Waals surface area contributed by atoms with Gasteiger partial charge < -0.3 is 34.9 Å². The SMILES string of the molecule is CCCCCC[C@@H](C(=O)NCNC(=O)c1ccc(-c2cc(OCC)cc(C(=O)NCP(=O)(O)O)c2)o1)[C@@H](CC)N(O)C=O. The van der Waals surface area contributed by atoms with Crippen LogP contribution in [0.15, 0.2) is 34.7 Å². The maximum Gasteiger partial charge on any atom is 0.344 e. The van der Waals surface area contributed by atoms with Crippen molar-refractivity contribution in [2.75, 3.05) is 19.6 Å². The molecule has 6 N–H and O–H groups in total. The molecule has 2 atom stereocenters. The maximum absolute atomic E-state index is 13.0. The van der Waals surface area contributed by atoms with Gasteiger partial charge in [0, 0.05) is 11.1 Å². The molecule has 4 amide bonds. The quantitative estimate of drug-likeness (QED) is 0.0336. The Kier molecular flexibility index (Phi) is 14.4. The summed E-state index contributed by atoms with van der Waals surface area (Å²) in [5, 5.41) is 17.9. The first-order chi connectivity index (χ1) is 20.4. The Hall–Kier alpha value is -3.71. The number of hydroxylamine groups is 2. The summed E-state index contributed by atoms with van der Waals surface area (Å²) >= 11 is 0. The van der Waals surface area contributed by atoms with Gasteiger partial charge in [0.2, 0.25) is 12.3 Å². The summed E-state index contributed by atoms with van der Waals surface area (Å²) in [5.41, 5.74) is 0.435. The van der Waals surface area contributed by atoms with Gasteiger partial charge in [-0.3, -0.25) is 29.0 Å². The lowest BCUT2D eigenvalue weighted by Crippen LogP contribution is -2.47. The standard InChI is InChI=1S/C28H41N4O10P/c1-4-7-8-9-10-22(23(5-2)32(37)18-33)27(35)29-16-30-28(36)25-12-11-24(42-25)19-13-20(15-21(14-19)41-6-3)26(34)31-17-43(38,39)40/h11-15,18,22-23,37H,4-10,16-17H2,1-3H3,(H,29,35)(H,30,36)(H,31,34)(H2,38,39,40)/t22-,23-/m1/s1. The highest BCUT2D eigenvalue weighted by molar-refractivity contribution is 7.51. The van der Waals surface area contributed by atoms with Crippen LogP contribution in [0.3, 0.4) is 0 Å². The van der Waals surface area contributed by atoms with Crippen LogP contribution in [-0.2, 0) is 14.2 Å². The molecule has 14 nitrogen and oxygen atoms in total. The van der Waals surface area contributed by atoms with Crippen molar-refractivity contribution in [2.24, 2.45) is 5.92 Å². The molecule has 0 saturated carbocycles. The van der Waals surface area contributed by atoms with E-state index >= 15 is 0 Å². The number of carbonyl (C=O) groups excluding carboxylic acids is 4. The molecule has 0 aliphatic carbocycles. The van der Waals surface area contributed by atoms with Crippen molar-refractivity contribution in [1.82, 2.24) is 21.0 Å². The number of furan rings is 1. The normalized spacial score (nSPS) is 12.6. The molecule has 0 fully saturated rings. The third-order valence-corrected chi connectivity index (χ3v) is 7.16. The van der Waals surface area contributed by atoms with Crippen molar-refractivity contribution >= 4 is 31.7 Å². The molecule has 2 rings (SSSR count). The number of benzene rings is 1. The van der Waals surface area contributed by atoms with Crippen molar-refractivity contribution < 1.29 is 47.9 Å². The zero-order chi connectivity index (χ0) is 32.0. The van der Waals surface area contributed by atoms with Crippen LogP contribution in [0.25, 0.3) is 11.3 Å². The molecule has 0 unspecified atom stereocenters. The van der Waals surface area contributed by atoms with Crippen LogP contribution >= 0.6 is 7.60 Å². The van der Waals surface area contributed by atoms with Gasteiger partial charge in [0.25, 0.3) is 11.8 Å². The van der Waals surface area contributed by atoms with Crippen molar-refractivity contribution in [2.45, 2.75) is 65.3 Å². The minimum Gasteiger partial charge on any atom is -0.494 e. The molecule has 1 heterocycles. The summed E-state index contributed by atoms with van der Waals surface area (Å²) in [6, 6.07) is 6.62. The number of nitrogens with one attached hydrogen (secondary N) is 3. The predicted octanol–water partition coefficient (Wildman–Crippen LogP) is 3.23. The number of nitrogens with zero attached hydrogens (tertiary/aromatic N) is 1. The fourth-order valence-electron chi connectivity index (χ4n) is 4.47. The van der Waals surface area contributed by atoms with E-state index in [2.05, 4.69) is 22.9 Å². The van der Waals surface area contributed by atoms with Crippen LogP contribution in [0, 0.1) is 5.92 Å². The Balaban J connectivity index is 2.10. The number of carbonyl (C=O) groups is 4. The number of rotatable bonds is 19. The molecule has 2 aromatic rings. The lowest BCUT2D eigenvalue weighted by atomic mass is 9.90. The summed E-state index contributed by atoms with van der Waals surface area (Å²) in [6.45, 7) is 5.63. The van der Waals surface area contributed by atoms with Gasteiger partial charge in [-0.15, -0.1) is 0 Å². The highest BCUT2D eigenvalue weighted by Gasteiger charge is 2.30. The van der Waals surface area contributed by atoms with Gasteiger partial charge in [0.05, 0.1) is 25.2 Å². The van der Waals surface area contributed by atoms with Gasteiger partial charge in [-0.2, -0.15) is 0 Å². The minimum atomic E-state index is -4.46. The number of unbranched alkanes of at least 4 members (excludes halogenated alkanes) is 3. The molecule has 0 saturated heterocycles. The number of ether oxygens (including phenoxy) is 1. The highest BCUT2D eigenvalue weighted by Crippen LogP contribution is 2.33. The Labute approximate surface area is 250 Å². The topological polar surface area (TPSA) is 208 Å². The van der Waals surface area contributed by atoms with Crippen molar-refractivity contribution in [3.63, 3.8) is 0 Å².